The number of nitrogens with zero attached hydrogens (tertiary/aromatic N) is 2. The molecule has 2 saturated heterocycles. The van der Waals surface area contributed by atoms with E-state index >= 15 is 0 Å². The third-order valence-electron chi connectivity index (χ3n) is 5.47. The highest BCUT2D eigenvalue weighted by atomic mass is 35.5. The summed E-state index contributed by atoms with van der Waals surface area (Å²) in [4.78, 5) is 29.2. The number of amides is 2. The molecule has 1 aromatic carbocycles. The lowest BCUT2D eigenvalue weighted by Gasteiger charge is -2.38. The molecule has 0 radical (unpaired) electrons. The van der Waals surface area contributed by atoms with E-state index in [2.05, 4.69) is 12.2 Å². The quantitative estimate of drug-likeness (QED) is 0.821. The SMILES string of the molecule is C[C@H]1C[C@@H](C(=O)N2CCN(C(=O)c3ccc4c(c3)OCO4)CC2)CCN1.Cl. The molecular formula is C19H26ClN3O4. The molecule has 8 heteroatoms. The van der Waals surface area contributed by atoms with Gasteiger partial charge >= 0.3 is 0 Å². The van der Waals surface area contributed by atoms with Crippen molar-refractivity contribution in [3.05, 3.63) is 23.8 Å². The van der Waals surface area contributed by atoms with E-state index in [1.807, 2.05) is 9.80 Å². The van der Waals surface area contributed by atoms with Crippen molar-refractivity contribution in [1.82, 2.24) is 15.1 Å². The molecule has 0 unspecified atom stereocenters. The number of ether oxygens (including phenoxy) is 2. The first kappa shape index (κ1) is 19.8. The Kier molecular flexibility index (Phi) is 6.11. The fraction of sp³-hybridized carbons (Fsp3) is 0.579. The Morgan fingerprint density at radius 3 is 2.52 bits per heavy atom. The molecule has 0 saturated carbocycles. The summed E-state index contributed by atoms with van der Waals surface area (Å²) in [6, 6.07) is 5.67. The molecular weight excluding hydrogens is 370 g/mol. The van der Waals surface area contributed by atoms with Crippen LogP contribution in [0.2, 0.25) is 0 Å². The zero-order chi connectivity index (χ0) is 18.1. The van der Waals surface area contributed by atoms with Crippen molar-refractivity contribution in [3.8, 4) is 11.5 Å². The van der Waals surface area contributed by atoms with Crippen molar-refractivity contribution in [2.45, 2.75) is 25.8 Å². The van der Waals surface area contributed by atoms with Crippen LogP contribution in [0.4, 0.5) is 0 Å². The minimum absolute atomic E-state index is 0. The largest absolute Gasteiger partial charge is 0.454 e. The first-order chi connectivity index (χ1) is 12.6. The molecule has 0 bridgehead atoms. The van der Waals surface area contributed by atoms with Gasteiger partial charge in [-0.05, 0) is 44.5 Å². The van der Waals surface area contributed by atoms with Crippen LogP contribution in [-0.2, 0) is 4.79 Å². The number of halogens is 1. The minimum Gasteiger partial charge on any atom is -0.454 e. The monoisotopic (exact) mass is 395 g/mol. The Morgan fingerprint density at radius 2 is 1.78 bits per heavy atom. The van der Waals surface area contributed by atoms with Crippen molar-refractivity contribution in [2.75, 3.05) is 39.5 Å². The van der Waals surface area contributed by atoms with Crippen LogP contribution in [0.5, 0.6) is 11.5 Å². The number of nitrogens with one attached hydrogen (secondary N) is 1. The molecule has 27 heavy (non-hydrogen) atoms. The number of rotatable bonds is 2. The van der Waals surface area contributed by atoms with Gasteiger partial charge in [-0.2, -0.15) is 0 Å². The minimum atomic E-state index is -0.0223. The molecule has 3 aliphatic rings. The molecule has 148 valence electrons. The third-order valence-corrected chi connectivity index (χ3v) is 5.47. The van der Waals surface area contributed by atoms with E-state index in [9.17, 15) is 9.59 Å². The van der Waals surface area contributed by atoms with Crippen molar-refractivity contribution in [1.29, 1.82) is 0 Å². The van der Waals surface area contributed by atoms with Crippen LogP contribution in [-0.4, -0.2) is 67.2 Å². The molecule has 2 fully saturated rings. The maximum Gasteiger partial charge on any atom is 0.254 e. The van der Waals surface area contributed by atoms with E-state index < -0.39 is 0 Å². The van der Waals surface area contributed by atoms with Gasteiger partial charge < -0.3 is 24.6 Å². The maximum absolute atomic E-state index is 12.7. The second-order valence-corrected chi connectivity index (χ2v) is 7.26. The molecule has 0 aliphatic carbocycles. The van der Waals surface area contributed by atoms with Crippen molar-refractivity contribution in [3.63, 3.8) is 0 Å². The van der Waals surface area contributed by atoms with Crippen LogP contribution in [0.25, 0.3) is 0 Å². The highest BCUT2D eigenvalue weighted by Gasteiger charge is 2.31. The summed E-state index contributed by atoms with van der Waals surface area (Å²) < 4.78 is 10.6. The van der Waals surface area contributed by atoms with Gasteiger partial charge in [0.1, 0.15) is 0 Å². The summed E-state index contributed by atoms with van der Waals surface area (Å²) in [5.41, 5.74) is 0.598. The number of piperazine rings is 1. The third kappa shape index (κ3) is 4.14. The van der Waals surface area contributed by atoms with Crippen LogP contribution < -0.4 is 14.8 Å². The molecule has 2 atom stereocenters. The standard InChI is InChI=1S/C19H25N3O4.ClH/c1-13-10-15(4-5-20-13)19(24)22-8-6-21(7-9-22)18(23)14-2-3-16-17(11-14)26-12-25-16;/h2-3,11,13,15,20H,4-10,12H2,1H3;1H/t13-,15-;/m0./s1. The zero-order valence-electron chi connectivity index (χ0n) is 15.5. The number of piperidine rings is 1. The van der Waals surface area contributed by atoms with Gasteiger partial charge in [-0.3, -0.25) is 9.59 Å². The molecule has 4 rings (SSSR count). The van der Waals surface area contributed by atoms with E-state index in [-0.39, 0.29) is 36.9 Å². The topological polar surface area (TPSA) is 71.1 Å². The van der Waals surface area contributed by atoms with Crippen LogP contribution in [0.15, 0.2) is 18.2 Å². The van der Waals surface area contributed by atoms with Gasteiger partial charge in [0.2, 0.25) is 12.7 Å². The molecule has 3 heterocycles. The fourth-order valence-electron chi connectivity index (χ4n) is 3.96. The van der Waals surface area contributed by atoms with Crippen molar-refractivity contribution in [2.24, 2.45) is 5.92 Å². The molecule has 0 spiro atoms. The second kappa shape index (κ2) is 8.35. The molecule has 7 nitrogen and oxygen atoms in total. The van der Waals surface area contributed by atoms with Gasteiger partial charge in [-0.15, -0.1) is 12.4 Å². The van der Waals surface area contributed by atoms with E-state index in [4.69, 9.17) is 9.47 Å². The lowest BCUT2D eigenvalue weighted by atomic mass is 9.92. The Morgan fingerprint density at radius 1 is 1.07 bits per heavy atom. The molecule has 3 aliphatic heterocycles. The summed E-state index contributed by atoms with van der Waals surface area (Å²) in [6.07, 6.45) is 1.80. The van der Waals surface area contributed by atoms with Crippen molar-refractivity contribution >= 4 is 24.2 Å². The molecule has 2 amide bonds. The van der Waals surface area contributed by atoms with Gasteiger partial charge in [0.05, 0.1) is 0 Å². The van der Waals surface area contributed by atoms with E-state index in [1.165, 1.54) is 0 Å². The molecule has 1 aromatic rings. The first-order valence-corrected chi connectivity index (χ1v) is 9.33. The Labute approximate surface area is 165 Å². The summed E-state index contributed by atoms with van der Waals surface area (Å²) in [5, 5.41) is 3.38. The zero-order valence-corrected chi connectivity index (χ0v) is 16.3. The number of carbonyl (C=O) groups excluding carboxylic acids is 2. The van der Waals surface area contributed by atoms with Gasteiger partial charge in [0.25, 0.3) is 5.91 Å². The van der Waals surface area contributed by atoms with Crippen LogP contribution >= 0.6 is 12.4 Å². The van der Waals surface area contributed by atoms with Crippen LogP contribution in [0.1, 0.15) is 30.1 Å². The van der Waals surface area contributed by atoms with Crippen LogP contribution in [0.3, 0.4) is 0 Å². The lowest BCUT2D eigenvalue weighted by molar-refractivity contribution is -0.138. The summed E-state index contributed by atoms with van der Waals surface area (Å²) >= 11 is 0. The number of benzene rings is 1. The van der Waals surface area contributed by atoms with E-state index in [1.54, 1.807) is 18.2 Å². The number of carbonyl (C=O) groups is 2. The highest BCUT2D eigenvalue weighted by molar-refractivity contribution is 5.95. The van der Waals surface area contributed by atoms with Gasteiger partial charge in [-0.1, -0.05) is 0 Å². The van der Waals surface area contributed by atoms with Crippen LogP contribution in [0, 0.1) is 5.92 Å². The number of fused-ring (bicyclic) bond motifs is 1. The predicted molar refractivity (Wildman–Crippen MR) is 102 cm³/mol. The average Bonchev–Trinajstić information content (AvgIpc) is 3.15. The average molecular weight is 396 g/mol. The Hall–Kier alpha value is -1.99. The van der Waals surface area contributed by atoms with Gasteiger partial charge in [0.15, 0.2) is 11.5 Å². The van der Waals surface area contributed by atoms with Gasteiger partial charge in [0, 0.05) is 43.7 Å². The summed E-state index contributed by atoms with van der Waals surface area (Å²) in [6.45, 7) is 5.57. The lowest BCUT2D eigenvalue weighted by Crippen LogP contribution is -2.53. The van der Waals surface area contributed by atoms with Gasteiger partial charge in [-0.25, -0.2) is 0 Å². The molecule has 0 aromatic heterocycles. The number of hydrogen-bond acceptors (Lipinski definition) is 5. The number of hydrogen-bond donors (Lipinski definition) is 1. The van der Waals surface area contributed by atoms with E-state index in [0.29, 0.717) is 49.3 Å². The fourth-order valence-corrected chi connectivity index (χ4v) is 3.96. The predicted octanol–water partition coefficient (Wildman–Crippen LogP) is 1.51. The second-order valence-electron chi connectivity index (χ2n) is 7.26. The highest BCUT2D eigenvalue weighted by Crippen LogP contribution is 2.33. The first-order valence-electron chi connectivity index (χ1n) is 9.33. The Bertz CT molecular complexity index is 706. The normalized spacial score (nSPS) is 24.3. The molecule has 1 N–H and O–H groups in total. The maximum atomic E-state index is 12.7. The van der Waals surface area contributed by atoms with E-state index in [0.717, 1.165) is 19.4 Å². The van der Waals surface area contributed by atoms with Crippen molar-refractivity contribution < 1.29 is 19.1 Å². The smallest absolute Gasteiger partial charge is 0.254 e. The summed E-state index contributed by atoms with van der Waals surface area (Å²) in [7, 11) is 0. The summed E-state index contributed by atoms with van der Waals surface area (Å²) in [5.74, 6) is 1.62. The Balaban J connectivity index is 0.00000210.